The number of rotatable bonds is 9. The number of carbonyl (C=O) groups excluding carboxylic acids is 1. The number of pyridine rings is 1. The molecule has 0 saturated heterocycles. The van der Waals surface area contributed by atoms with E-state index in [1.807, 2.05) is 48.5 Å². The van der Waals surface area contributed by atoms with Gasteiger partial charge in [-0.05, 0) is 37.6 Å². The fourth-order valence-electron chi connectivity index (χ4n) is 3.98. The number of anilines is 1. The summed E-state index contributed by atoms with van der Waals surface area (Å²) in [6, 6.07) is 18.1. The summed E-state index contributed by atoms with van der Waals surface area (Å²) >= 11 is 0. The van der Waals surface area contributed by atoms with Crippen molar-refractivity contribution in [3.63, 3.8) is 0 Å². The summed E-state index contributed by atoms with van der Waals surface area (Å²) in [5, 5.41) is 3.36. The van der Waals surface area contributed by atoms with E-state index in [-0.39, 0.29) is 29.9 Å². The summed E-state index contributed by atoms with van der Waals surface area (Å²) in [5.74, 6) is -0.356. The Morgan fingerprint density at radius 2 is 1.78 bits per heavy atom. The summed E-state index contributed by atoms with van der Waals surface area (Å²) in [6.07, 6.45) is 1.59. The smallest absolute Gasteiger partial charge is 0.349 e. The highest BCUT2D eigenvalue weighted by atomic mass is 16.5. The maximum atomic E-state index is 12.8. The normalized spacial score (nSPS) is 10.9. The summed E-state index contributed by atoms with van der Waals surface area (Å²) in [5.41, 5.74) is 1.80. The minimum atomic E-state index is -0.713. The van der Waals surface area contributed by atoms with Gasteiger partial charge in [0.15, 0.2) is 5.75 Å². The quantitative estimate of drug-likeness (QED) is 0.361. The monoisotopic (exact) mass is 487 g/mol. The number of aromatic nitrogens is 1. The van der Waals surface area contributed by atoms with E-state index in [2.05, 4.69) is 24.1 Å². The van der Waals surface area contributed by atoms with Crippen molar-refractivity contribution in [1.82, 2.24) is 9.88 Å². The Balaban J connectivity index is 1.47. The first-order valence-electron chi connectivity index (χ1n) is 11.9. The van der Waals surface area contributed by atoms with Crippen LogP contribution in [0.2, 0.25) is 0 Å². The third-order valence-corrected chi connectivity index (χ3v) is 6.06. The van der Waals surface area contributed by atoms with E-state index in [1.165, 1.54) is 12.1 Å². The number of fused-ring (bicyclic) bond motifs is 1. The zero-order chi connectivity index (χ0) is 25.7. The molecule has 0 atom stereocenters. The lowest BCUT2D eigenvalue weighted by atomic mass is 10.1. The minimum Gasteiger partial charge on any atom is -0.483 e. The number of nitrogens with one attached hydrogen (secondary N) is 1. The Kier molecular flexibility index (Phi) is 7.53. The van der Waals surface area contributed by atoms with Crippen molar-refractivity contribution >= 4 is 22.6 Å². The van der Waals surface area contributed by atoms with E-state index in [0.29, 0.717) is 16.7 Å². The van der Waals surface area contributed by atoms with Crippen molar-refractivity contribution < 1.29 is 13.9 Å². The minimum absolute atomic E-state index is 0.0575. The number of carbonyl (C=O) groups is 1. The van der Waals surface area contributed by atoms with Gasteiger partial charge < -0.3 is 23.9 Å². The Morgan fingerprint density at radius 3 is 2.50 bits per heavy atom. The van der Waals surface area contributed by atoms with Crippen LogP contribution in [-0.4, -0.2) is 23.6 Å². The van der Waals surface area contributed by atoms with E-state index < -0.39 is 11.5 Å². The van der Waals surface area contributed by atoms with Gasteiger partial charge in [-0.25, -0.2) is 4.79 Å². The SMILES string of the molecule is CCN(CC)c1ccc2cc(C(=O)NCc3cc(=O)c(OCc4ccccc4)cn3C)c(=O)oc2c1. The predicted octanol–water partition coefficient (Wildman–Crippen LogP) is 3.85. The Bertz CT molecular complexity index is 1490. The average Bonchev–Trinajstić information content (AvgIpc) is 2.88. The Morgan fingerprint density at radius 1 is 1.03 bits per heavy atom. The first kappa shape index (κ1) is 24.8. The molecule has 186 valence electrons. The predicted molar refractivity (Wildman–Crippen MR) is 140 cm³/mol. The second-order valence-electron chi connectivity index (χ2n) is 8.40. The summed E-state index contributed by atoms with van der Waals surface area (Å²) in [7, 11) is 1.76. The lowest BCUT2D eigenvalue weighted by Crippen LogP contribution is -2.29. The van der Waals surface area contributed by atoms with Gasteiger partial charge in [-0.3, -0.25) is 9.59 Å². The highest BCUT2D eigenvalue weighted by Crippen LogP contribution is 2.22. The molecule has 2 aromatic carbocycles. The Hall–Kier alpha value is -4.33. The maximum absolute atomic E-state index is 12.8. The third-order valence-electron chi connectivity index (χ3n) is 6.06. The molecule has 0 radical (unpaired) electrons. The van der Waals surface area contributed by atoms with Crippen LogP contribution in [0.3, 0.4) is 0 Å². The highest BCUT2D eigenvalue weighted by Gasteiger charge is 2.15. The van der Waals surface area contributed by atoms with Crippen molar-refractivity contribution in [2.24, 2.45) is 7.05 Å². The molecular formula is C28H29N3O5. The van der Waals surface area contributed by atoms with Gasteiger partial charge in [0.2, 0.25) is 5.43 Å². The largest absolute Gasteiger partial charge is 0.483 e. The van der Waals surface area contributed by atoms with E-state index >= 15 is 0 Å². The number of hydrogen-bond acceptors (Lipinski definition) is 6. The molecule has 0 aliphatic heterocycles. The van der Waals surface area contributed by atoms with Crippen LogP contribution in [0.15, 0.2) is 80.9 Å². The molecular weight excluding hydrogens is 458 g/mol. The average molecular weight is 488 g/mol. The standard InChI is InChI=1S/C28H29N3O5/c1-4-31(5-2)21-12-11-20-13-23(28(34)36-25(20)15-21)27(33)29-16-22-14-24(32)26(17-30(22)3)35-18-19-9-7-6-8-10-19/h6-15,17H,4-5,16,18H2,1-3H3,(H,29,33). The molecule has 1 N–H and O–H groups in total. The lowest BCUT2D eigenvalue weighted by molar-refractivity contribution is 0.0946. The molecule has 4 aromatic rings. The van der Waals surface area contributed by atoms with Gasteiger partial charge in [-0.2, -0.15) is 0 Å². The van der Waals surface area contributed by atoms with Crippen molar-refractivity contribution in [1.29, 1.82) is 0 Å². The number of ether oxygens (including phenoxy) is 1. The molecule has 0 fully saturated rings. The fourth-order valence-corrected chi connectivity index (χ4v) is 3.98. The van der Waals surface area contributed by atoms with Crippen molar-refractivity contribution in [3.05, 3.63) is 104 Å². The summed E-state index contributed by atoms with van der Waals surface area (Å²) < 4.78 is 12.8. The Labute approximate surface area is 208 Å². The maximum Gasteiger partial charge on any atom is 0.349 e. The molecule has 0 spiro atoms. The number of benzene rings is 2. The molecule has 4 rings (SSSR count). The molecule has 8 nitrogen and oxygen atoms in total. The number of hydrogen-bond donors (Lipinski definition) is 1. The van der Waals surface area contributed by atoms with Crippen LogP contribution in [0.4, 0.5) is 5.69 Å². The molecule has 2 aromatic heterocycles. The third kappa shape index (κ3) is 5.49. The van der Waals surface area contributed by atoms with Crippen LogP contribution >= 0.6 is 0 Å². The second kappa shape index (κ2) is 10.9. The molecule has 1 amide bonds. The number of amides is 1. The molecule has 2 heterocycles. The molecule has 0 aliphatic rings. The van der Waals surface area contributed by atoms with Crippen LogP contribution in [0.25, 0.3) is 11.0 Å². The zero-order valence-electron chi connectivity index (χ0n) is 20.6. The van der Waals surface area contributed by atoms with Crippen LogP contribution in [-0.2, 0) is 20.2 Å². The van der Waals surface area contributed by atoms with Gasteiger partial charge in [-0.15, -0.1) is 0 Å². The van der Waals surface area contributed by atoms with Crippen molar-refractivity contribution in [3.8, 4) is 5.75 Å². The molecule has 0 bridgehead atoms. The van der Waals surface area contributed by atoms with Crippen LogP contribution in [0.5, 0.6) is 5.75 Å². The topological polar surface area (TPSA) is 93.8 Å². The van der Waals surface area contributed by atoms with Gasteiger partial charge >= 0.3 is 5.63 Å². The van der Waals surface area contributed by atoms with E-state index in [9.17, 15) is 14.4 Å². The van der Waals surface area contributed by atoms with Gasteiger partial charge in [0.25, 0.3) is 5.91 Å². The van der Waals surface area contributed by atoms with Crippen LogP contribution in [0.1, 0.15) is 35.5 Å². The molecule has 36 heavy (non-hydrogen) atoms. The number of nitrogens with zero attached hydrogens (tertiary/aromatic N) is 2. The molecule has 0 unspecified atom stereocenters. The lowest BCUT2D eigenvalue weighted by Gasteiger charge is -2.21. The van der Waals surface area contributed by atoms with Gasteiger partial charge in [-0.1, -0.05) is 30.3 Å². The van der Waals surface area contributed by atoms with E-state index in [0.717, 1.165) is 24.3 Å². The molecule has 8 heteroatoms. The van der Waals surface area contributed by atoms with Gasteiger partial charge in [0, 0.05) is 49.0 Å². The van der Waals surface area contributed by atoms with Gasteiger partial charge in [0.05, 0.1) is 12.7 Å². The fraction of sp³-hybridized carbons (Fsp3) is 0.250. The zero-order valence-corrected chi connectivity index (χ0v) is 20.6. The molecule has 0 saturated carbocycles. The summed E-state index contributed by atoms with van der Waals surface area (Å²) in [4.78, 5) is 40.0. The van der Waals surface area contributed by atoms with E-state index in [4.69, 9.17) is 9.15 Å². The van der Waals surface area contributed by atoms with Crippen molar-refractivity contribution in [2.75, 3.05) is 18.0 Å². The summed E-state index contributed by atoms with van der Waals surface area (Å²) in [6.45, 7) is 6.10. The van der Waals surface area contributed by atoms with Crippen LogP contribution < -0.4 is 26.0 Å². The number of aryl methyl sites for hydroxylation is 1. The molecule has 0 aliphatic carbocycles. The van der Waals surface area contributed by atoms with Crippen LogP contribution in [0, 0.1) is 0 Å². The van der Waals surface area contributed by atoms with E-state index in [1.54, 1.807) is 17.8 Å². The first-order chi connectivity index (χ1) is 17.4. The first-order valence-corrected chi connectivity index (χ1v) is 11.9. The highest BCUT2D eigenvalue weighted by molar-refractivity contribution is 5.96. The van der Waals surface area contributed by atoms with Crippen molar-refractivity contribution in [2.45, 2.75) is 27.0 Å². The second-order valence-corrected chi connectivity index (χ2v) is 8.40. The van der Waals surface area contributed by atoms with Gasteiger partial charge in [0.1, 0.15) is 17.8 Å².